The van der Waals surface area contributed by atoms with Crippen LogP contribution in [-0.2, 0) is 6.42 Å². The molecular weight excluding hydrogens is 278 g/mol. The maximum absolute atomic E-state index is 12.3. The fourth-order valence-electron chi connectivity index (χ4n) is 2.24. The fraction of sp³-hybridized carbons (Fsp3) is 0.111. The van der Waals surface area contributed by atoms with Crippen molar-refractivity contribution in [3.05, 3.63) is 76.1 Å². The van der Waals surface area contributed by atoms with Gasteiger partial charge in [-0.3, -0.25) is 4.79 Å². The number of hydrogen-bond donors (Lipinski definition) is 1. The second-order valence-corrected chi connectivity index (χ2v) is 4.99. The molecule has 0 spiro atoms. The van der Waals surface area contributed by atoms with E-state index in [0.717, 1.165) is 6.42 Å². The van der Waals surface area contributed by atoms with Gasteiger partial charge in [-0.25, -0.2) is 4.79 Å². The van der Waals surface area contributed by atoms with E-state index in [1.54, 1.807) is 24.3 Å². The zero-order chi connectivity index (χ0) is 15.5. The Bertz CT molecular complexity index is 879. The van der Waals surface area contributed by atoms with E-state index in [1.807, 2.05) is 30.3 Å². The Labute approximate surface area is 127 Å². The van der Waals surface area contributed by atoms with Crippen LogP contribution in [0.15, 0.2) is 63.8 Å². The molecule has 22 heavy (non-hydrogen) atoms. The van der Waals surface area contributed by atoms with E-state index in [-0.39, 0.29) is 5.56 Å². The van der Waals surface area contributed by atoms with Gasteiger partial charge >= 0.3 is 5.63 Å². The number of fused-ring (bicyclic) bond motifs is 1. The predicted molar refractivity (Wildman–Crippen MR) is 86.3 cm³/mol. The highest BCUT2D eigenvalue weighted by molar-refractivity contribution is 6.05. The highest BCUT2D eigenvalue weighted by Crippen LogP contribution is 2.15. The maximum Gasteiger partial charge on any atom is 0.349 e. The Kier molecular flexibility index (Phi) is 3.74. The fourth-order valence-corrected chi connectivity index (χ4v) is 2.24. The van der Waals surface area contributed by atoms with E-state index < -0.39 is 11.5 Å². The molecule has 110 valence electrons. The zero-order valence-corrected chi connectivity index (χ0v) is 12.1. The number of nitrogens with one attached hydrogen (secondary N) is 1. The Morgan fingerprint density at radius 2 is 1.82 bits per heavy atom. The van der Waals surface area contributed by atoms with Crippen LogP contribution in [0.1, 0.15) is 22.8 Å². The minimum Gasteiger partial charge on any atom is -0.422 e. The summed E-state index contributed by atoms with van der Waals surface area (Å²) >= 11 is 0. The monoisotopic (exact) mass is 293 g/mol. The summed E-state index contributed by atoms with van der Waals surface area (Å²) in [6, 6.07) is 16.2. The van der Waals surface area contributed by atoms with Crippen LogP contribution in [0, 0.1) is 0 Å². The molecule has 1 aromatic heterocycles. The number of carbonyl (C=O) groups is 1. The zero-order valence-electron chi connectivity index (χ0n) is 12.1. The van der Waals surface area contributed by atoms with Gasteiger partial charge in [-0.2, -0.15) is 0 Å². The van der Waals surface area contributed by atoms with Crippen molar-refractivity contribution in [2.24, 2.45) is 0 Å². The summed E-state index contributed by atoms with van der Waals surface area (Å²) in [5.74, 6) is -0.469. The van der Waals surface area contributed by atoms with Gasteiger partial charge in [-0.15, -0.1) is 0 Å². The van der Waals surface area contributed by atoms with Crippen molar-refractivity contribution < 1.29 is 9.21 Å². The third-order valence-corrected chi connectivity index (χ3v) is 3.51. The average molecular weight is 293 g/mol. The van der Waals surface area contributed by atoms with E-state index in [4.69, 9.17) is 4.42 Å². The van der Waals surface area contributed by atoms with Gasteiger partial charge in [0.15, 0.2) is 0 Å². The molecule has 0 unspecified atom stereocenters. The smallest absolute Gasteiger partial charge is 0.349 e. The third-order valence-electron chi connectivity index (χ3n) is 3.51. The van der Waals surface area contributed by atoms with Crippen LogP contribution in [0.25, 0.3) is 11.0 Å². The predicted octanol–water partition coefficient (Wildman–Crippen LogP) is 3.61. The SMILES string of the molecule is CCc1ccc(NC(=O)c2cc3ccccc3oc2=O)cc1. The molecule has 1 heterocycles. The normalized spacial score (nSPS) is 10.6. The topological polar surface area (TPSA) is 59.3 Å². The van der Waals surface area contributed by atoms with Gasteiger partial charge in [0.2, 0.25) is 0 Å². The van der Waals surface area contributed by atoms with Crippen molar-refractivity contribution in [3.8, 4) is 0 Å². The summed E-state index contributed by atoms with van der Waals surface area (Å²) in [5, 5.41) is 3.43. The van der Waals surface area contributed by atoms with E-state index in [0.29, 0.717) is 16.7 Å². The summed E-state index contributed by atoms with van der Waals surface area (Å²) < 4.78 is 5.17. The lowest BCUT2D eigenvalue weighted by Crippen LogP contribution is -2.20. The van der Waals surface area contributed by atoms with E-state index in [1.165, 1.54) is 5.56 Å². The van der Waals surface area contributed by atoms with Gasteiger partial charge in [0.05, 0.1) is 0 Å². The summed E-state index contributed by atoms with van der Waals surface area (Å²) in [4.78, 5) is 24.2. The number of para-hydroxylation sites is 1. The first kappa shape index (κ1) is 14.1. The van der Waals surface area contributed by atoms with E-state index >= 15 is 0 Å². The van der Waals surface area contributed by atoms with Crippen molar-refractivity contribution in [3.63, 3.8) is 0 Å². The molecule has 4 heteroatoms. The molecule has 3 aromatic rings. The molecular formula is C18H15NO3. The molecule has 0 bridgehead atoms. The summed E-state index contributed by atoms with van der Waals surface area (Å²) in [5.41, 5.74) is 1.66. The van der Waals surface area contributed by atoms with Crippen molar-refractivity contribution in [1.82, 2.24) is 0 Å². The van der Waals surface area contributed by atoms with E-state index in [9.17, 15) is 9.59 Å². The summed E-state index contributed by atoms with van der Waals surface area (Å²) in [7, 11) is 0. The lowest BCUT2D eigenvalue weighted by atomic mass is 10.1. The Morgan fingerprint density at radius 3 is 2.55 bits per heavy atom. The lowest BCUT2D eigenvalue weighted by molar-refractivity contribution is 0.102. The molecule has 0 saturated heterocycles. The number of amides is 1. The van der Waals surface area contributed by atoms with Crippen molar-refractivity contribution >= 4 is 22.6 Å². The number of carbonyl (C=O) groups excluding carboxylic acids is 1. The molecule has 1 amide bonds. The van der Waals surface area contributed by atoms with Crippen molar-refractivity contribution in [2.75, 3.05) is 5.32 Å². The highest BCUT2D eigenvalue weighted by Gasteiger charge is 2.13. The van der Waals surface area contributed by atoms with Gasteiger partial charge in [0.25, 0.3) is 5.91 Å². The van der Waals surface area contributed by atoms with Crippen molar-refractivity contribution in [1.29, 1.82) is 0 Å². The minimum absolute atomic E-state index is 0.00160. The van der Waals surface area contributed by atoms with Crippen LogP contribution in [0.2, 0.25) is 0 Å². The second-order valence-electron chi connectivity index (χ2n) is 4.99. The van der Waals surface area contributed by atoms with Gasteiger partial charge in [0.1, 0.15) is 11.1 Å². The van der Waals surface area contributed by atoms with E-state index in [2.05, 4.69) is 12.2 Å². The lowest BCUT2D eigenvalue weighted by Gasteiger charge is -2.06. The molecule has 0 atom stereocenters. The van der Waals surface area contributed by atoms with Crippen LogP contribution in [0.5, 0.6) is 0 Å². The molecule has 0 aliphatic rings. The summed E-state index contributed by atoms with van der Waals surface area (Å²) in [6.45, 7) is 2.06. The summed E-state index contributed by atoms with van der Waals surface area (Å²) in [6.07, 6.45) is 0.933. The number of anilines is 1. The highest BCUT2D eigenvalue weighted by atomic mass is 16.4. The van der Waals surface area contributed by atoms with Crippen LogP contribution in [0.4, 0.5) is 5.69 Å². The second kappa shape index (κ2) is 5.85. The average Bonchev–Trinajstić information content (AvgIpc) is 2.54. The molecule has 3 rings (SSSR count). The van der Waals surface area contributed by atoms with Crippen LogP contribution in [-0.4, -0.2) is 5.91 Å². The number of rotatable bonds is 3. The maximum atomic E-state index is 12.3. The molecule has 0 radical (unpaired) electrons. The van der Waals surface area contributed by atoms with Gasteiger partial charge < -0.3 is 9.73 Å². The van der Waals surface area contributed by atoms with Crippen LogP contribution < -0.4 is 10.9 Å². The number of benzene rings is 2. The number of hydrogen-bond acceptors (Lipinski definition) is 3. The standard InChI is InChI=1S/C18H15NO3/c1-2-12-7-9-14(10-8-12)19-17(20)15-11-13-5-3-4-6-16(13)22-18(15)21/h3-11H,2H2,1H3,(H,19,20). The van der Waals surface area contributed by atoms with Crippen LogP contribution >= 0.6 is 0 Å². The Morgan fingerprint density at radius 1 is 1.09 bits per heavy atom. The Balaban J connectivity index is 1.91. The first-order valence-electron chi connectivity index (χ1n) is 7.10. The molecule has 1 N–H and O–H groups in total. The quantitative estimate of drug-likeness (QED) is 0.750. The molecule has 0 aliphatic carbocycles. The van der Waals surface area contributed by atoms with Crippen molar-refractivity contribution in [2.45, 2.75) is 13.3 Å². The largest absolute Gasteiger partial charge is 0.422 e. The van der Waals surface area contributed by atoms with Gasteiger partial charge in [-0.05, 0) is 36.2 Å². The first-order chi connectivity index (χ1) is 10.7. The molecule has 2 aromatic carbocycles. The van der Waals surface area contributed by atoms with Crippen LogP contribution in [0.3, 0.4) is 0 Å². The molecule has 0 saturated carbocycles. The van der Waals surface area contributed by atoms with Gasteiger partial charge in [0, 0.05) is 11.1 Å². The number of aryl methyl sites for hydroxylation is 1. The molecule has 4 nitrogen and oxygen atoms in total. The Hall–Kier alpha value is -2.88. The third kappa shape index (κ3) is 2.76. The first-order valence-corrected chi connectivity index (χ1v) is 7.10. The molecule has 0 aliphatic heterocycles. The minimum atomic E-state index is -0.638. The molecule has 0 fully saturated rings. The van der Waals surface area contributed by atoms with Gasteiger partial charge in [-0.1, -0.05) is 37.3 Å².